The number of aliphatic carboxylic acids is 1. The number of carboxylic acid groups (broad SMARTS) is 1. The second-order valence-electron chi connectivity index (χ2n) is 5.80. The Kier molecular flexibility index (Phi) is 4.45. The number of carboxylic acids is 1. The van der Waals surface area contributed by atoms with E-state index in [-0.39, 0.29) is 5.91 Å². The van der Waals surface area contributed by atoms with Crippen LogP contribution in [0.2, 0.25) is 0 Å². The molecule has 19 heavy (non-hydrogen) atoms. The Hall–Kier alpha value is -1.10. The van der Waals surface area contributed by atoms with Crippen LogP contribution in [0.15, 0.2) is 0 Å². The number of carbonyl (C=O) groups is 2. The zero-order valence-electron chi connectivity index (χ0n) is 11.7. The van der Waals surface area contributed by atoms with Gasteiger partial charge in [0.15, 0.2) is 0 Å². The maximum Gasteiger partial charge on any atom is 0.309 e. The Bertz CT molecular complexity index is 345. The van der Waals surface area contributed by atoms with Gasteiger partial charge in [-0.3, -0.25) is 9.59 Å². The average Bonchev–Trinajstić information content (AvgIpc) is 3.22. The molecule has 1 amide bonds. The summed E-state index contributed by atoms with van der Waals surface area (Å²) in [7, 11) is 0. The Labute approximate surface area is 114 Å². The first-order valence-electron chi connectivity index (χ1n) is 7.32. The fourth-order valence-corrected chi connectivity index (χ4v) is 2.73. The van der Waals surface area contributed by atoms with Gasteiger partial charge in [-0.1, -0.05) is 6.92 Å². The molecule has 1 aliphatic carbocycles. The Morgan fingerprint density at radius 1 is 1.32 bits per heavy atom. The first-order chi connectivity index (χ1) is 9.07. The molecule has 5 heteroatoms. The summed E-state index contributed by atoms with van der Waals surface area (Å²) in [6, 6.07) is 0.633. The van der Waals surface area contributed by atoms with Gasteiger partial charge in [0, 0.05) is 32.1 Å². The molecule has 0 spiro atoms. The summed E-state index contributed by atoms with van der Waals surface area (Å²) in [4.78, 5) is 25.2. The molecule has 1 saturated carbocycles. The highest BCUT2D eigenvalue weighted by molar-refractivity contribution is 5.78. The molecule has 108 valence electrons. The summed E-state index contributed by atoms with van der Waals surface area (Å²) in [5.74, 6) is -0.555. The number of rotatable bonds is 6. The molecule has 0 unspecified atom stereocenters. The minimum Gasteiger partial charge on any atom is -0.481 e. The fourth-order valence-electron chi connectivity index (χ4n) is 2.73. The zero-order chi connectivity index (χ0) is 13.9. The van der Waals surface area contributed by atoms with Crippen molar-refractivity contribution in [3.05, 3.63) is 0 Å². The normalized spacial score (nSPS) is 22.3. The van der Waals surface area contributed by atoms with Gasteiger partial charge >= 0.3 is 5.97 Å². The van der Waals surface area contributed by atoms with Crippen molar-refractivity contribution in [1.29, 1.82) is 0 Å². The summed E-state index contributed by atoms with van der Waals surface area (Å²) in [6.45, 7) is 3.84. The predicted molar refractivity (Wildman–Crippen MR) is 71.8 cm³/mol. The maximum absolute atomic E-state index is 12.0. The maximum atomic E-state index is 12.0. The summed E-state index contributed by atoms with van der Waals surface area (Å²) in [5, 5.41) is 12.6. The zero-order valence-corrected chi connectivity index (χ0v) is 11.7. The lowest BCUT2D eigenvalue weighted by Crippen LogP contribution is -2.46. The highest BCUT2D eigenvalue weighted by Crippen LogP contribution is 2.35. The molecule has 0 atom stereocenters. The largest absolute Gasteiger partial charge is 0.481 e. The second kappa shape index (κ2) is 5.90. The standard InChI is InChI=1S/C14H24N2O3/c1-2-14(13(18)19)6-9-16(10-7-14)12(17)5-8-15-11-3-4-11/h11,15H,2-10H2,1H3,(H,18,19). The smallest absolute Gasteiger partial charge is 0.309 e. The van der Waals surface area contributed by atoms with E-state index in [1.54, 1.807) is 0 Å². The number of likely N-dealkylation sites (tertiary alicyclic amines) is 1. The number of hydrogen-bond donors (Lipinski definition) is 2. The minimum atomic E-state index is -0.711. The van der Waals surface area contributed by atoms with Gasteiger partial charge in [-0.2, -0.15) is 0 Å². The van der Waals surface area contributed by atoms with Crippen molar-refractivity contribution in [3.63, 3.8) is 0 Å². The fraction of sp³-hybridized carbons (Fsp3) is 0.857. The number of carbonyl (C=O) groups excluding carboxylic acids is 1. The number of amides is 1. The van der Waals surface area contributed by atoms with Crippen LogP contribution in [0.5, 0.6) is 0 Å². The van der Waals surface area contributed by atoms with Gasteiger partial charge in [0.05, 0.1) is 5.41 Å². The third-order valence-electron chi connectivity index (χ3n) is 4.55. The van der Waals surface area contributed by atoms with Crippen molar-refractivity contribution in [1.82, 2.24) is 10.2 Å². The second-order valence-corrected chi connectivity index (χ2v) is 5.80. The Morgan fingerprint density at radius 2 is 1.95 bits per heavy atom. The monoisotopic (exact) mass is 268 g/mol. The molecule has 2 N–H and O–H groups in total. The van der Waals surface area contributed by atoms with Crippen LogP contribution in [0.4, 0.5) is 0 Å². The van der Waals surface area contributed by atoms with Crippen LogP contribution < -0.4 is 5.32 Å². The SMILES string of the molecule is CCC1(C(=O)O)CCN(C(=O)CCNC2CC2)CC1. The van der Waals surface area contributed by atoms with Crippen LogP contribution in [-0.2, 0) is 9.59 Å². The summed E-state index contributed by atoms with van der Waals surface area (Å²) < 4.78 is 0. The van der Waals surface area contributed by atoms with E-state index in [1.807, 2.05) is 11.8 Å². The minimum absolute atomic E-state index is 0.156. The van der Waals surface area contributed by atoms with Gasteiger partial charge in [0.1, 0.15) is 0 Å². The number of nitrogens with zero attached hydrogens (tertiary/aromatic N) is 1. The molecule has 5 nitrogen and oxygen atoms in total. The lowest BCUT2D eigenvalue weighted by atomic mass is 9.76. The van der Waals surface area contributed by atoms with Crippen LogP contribution in [0.1, 0.15) is 45.4 Å². The molecule has 0 aromatic heterocycles. The highest BCUT2D eigenvalue weighted by atomic mass is 16.4. The Morgan fingerprint density at radius 3 is 2.42 bits per heavy atom. The molecule has 2 rings (SSSR count). The van der Waals surface area contributed by atoms with E-state index in [0.29, 0.717) is 44.8 Å². The lowest BCUT2D eigenvalue weighted by molar-refractivity contribution is -0.154. The third kappa shape index (κ3) is 3.47. The van der Waals surface area contributed by atoms with E-state index in [4.69, 9.17) is 0 Å². The van der Waals surface area contributed by atoms with Crippen LogP contribution >= 0.6 is 0 Å². The van der Waals surface area contributed by atoms with E-state index in [9.17, 15) is 14.7 Å². The molecule has 1 aliphatic heterocycles. The highest BCUT2D eigenvalue weighted by Gasteiger charge is 2.40. The van der Waals surface area contributed by atoms with Gasteiger partial charge in [-0.05, 0) is 32.1 Å². The number of nitrogens with one attached hydrogen (secondary N) is 1. The molecule has 0 radical (unpaired) electrons. The van der Waals surface area contributed by atoms with Crippen LogP contribution in [0.3, 0.4) is 0 Å². The van der Waals surface area contributed by atoms with Gasteiger partial charge in [-0.15, -0.1) is 0 Å². The molecule has 2 fully saturated rings. The van der Waals surface area contributed by atoms with Gasteiger partial charge in [0.25, 0.3) is 0 Å². The van der Waals surface area contributed by atoms with Crippen molar-refractivity contribution >= 4 is 11.9 Å². The van der Waals surface area contributed by atoms with Crippen LogP contribution in [0, 0.1) is 5.41 Å². The third-order valence-corrected chi connectivity index (χ3v) is 4.55. The van der Waals surface area contributed by atoms with E-state index >= 15 is 0 Å². The average molecular weight is 268 g/mol. The quantitative estimate of drug-likeness (QED) is 0.760. The lowest BCUT2D eigenvalue weighted by Gasteiger charge is -2.38. The molecular weight excluding hydrogens is 244 g/mol. The first kappa shape index (κ1) is 14.3. The predicted octanol–water partition coefficient (Wildman–Crippen LogP) is 1.23. The van der Waals surface area contributed by atoms with E-state index in [1.165, 1.54) is 12.8 Å². The summed E-state index contributed by atoms with van der Waals surface area (Å²) in [6.07, 6.45) is 4.81. The van der Waals surface area contributed by atoms with E-state index < -0.39 is 11.4 Å². The number of hydrogen-bond acceptors (Lipinski definition) is 3. The van der Waals surface area contributed by atoms with Crippen molar-refractivity contribution < 1.29 is 14.7 Å². The van der Waals surface area contributed by atoms with Crippen molar-refractivity contribution in [2.24, 2.45) is 5.41 Å². The van der Waals surface area contributed by atoms with Crippen molar-refractivity contribution in [3.8, 4) is 0 Å². The summed E-state index contributed by atoms with van der Waals surface area (Å²) in [5.41, 5.74) is -0.608. The first-order valence-corrected chi connectivity index (χ1v) is 7.32. The molecule has 1 saturated heterocycles. The van der Waals surface area contributed by atoms with Crippen molar-refractivity contribution in [2.45, 2.75) is 51.5 Å². The topological polar surface area (TPSA) is 69.6 Å². The van der Waals surface area contributed by atoms with E-state index in [0.717, 1.165) is 6.54 Å². The van der Waals surface area contributed by atoms with Crippen molar-refractivity contribution in [2.75, 3.05) is 19.6 Å². The molecule has 0 aromatic rings. The summed E-state index contributed by atoms with van der Waals surface area (Å²) >= 11 is 0. The molecule has 1 heterocycles. The van der Waals surface area contributed by atoms with Gasteiger partial charge in [0.2, 0.25) is 5.91 Å². The van der Waals surface area contributed by atoms with Gasteiger partial charge < -0.3 is 15.3 Å². The van der Waals surface area contributed by atoms with E-state index in [2.05, 4.69) is 5.32 Å². The van der Waals surface area contributed by atoms with Crippen LogP contribution in [-0.4, -0.2) is 47.6 Å². The molecule has 2 aliphatic rings. The van der Waals surface area contributed by atoms with Crippen LogP contribution in [0.25, 0.3) is 0 Å². The van der Waals surface area contributed by atoms with Gasteiger partial charge in [-0.25, -0.2) is 0 Å². The molecule has 0 aromatic carbocycles. The molecule has 0 bridgehead atoms. The number of piperidine rings is 1. The Balaban J connectivity index is 1.74. The molecular formula is C14H24N2O3.